The van der Waals surface area contributed by atoms with E-state index >= 15 is 0 Å². The third kappa shape index (κ3) is 10.5. The Bertz CT molecular complexity index is 1460. The maximum atomic E-state index is 13.4. The van der Waals surface area contributed by atoms with Gasteiger partial charge in [0.2, 0.25) is 15.6 Å². The molecule has 1 saturated heterocycles. The summed E-state index contributed by atoms with van der Waals surface area (Å²) in [6, 6.07) is 4.91. The van der Waals surface area contributed by atoms with Crippen LogP contribution in [0.2, 0.25) is 0 Å². The van der Waals surface area contributed by atoms with E-state index in [9.17, 15) is 24.3 Å². The number of carbonyl (C=O) groups is 4. The van der Waals surface area contributed by atoms with Crippen LogP contribution in [-0.2, 0) is 23.9 Å². The first-order chi connectivity index (χ1) is 21.4. The van der Waals surface area contributed by atoms with E-state index in [1.807, 2.05) is 30.3 Å². The minimum absolute atomic E-state index is 0.284. The first-order valence-corrected chi connectivity index (χ1v) is 16.2. The number of esters is 1. The number of fused-ring (bicyclic) bond motifs is 1. The molecule has 2 aromatic rings. The molecule has 1 fully saturated rings. The Hall–Kier alpha value is -2.96. The third-order valence-electron chi connectivity index (χ3n) is 7.55. The Labute approximate surface area is 284 Å². The summed E-state index contributed by atoms with van der Waals surface area (Å²) in [6.45, 7) is 10.1. The summed E-state index contributed by atoms with van der Waals surface area (Å²) < 4.78 is 3.27. The average Bonchev–Trinajstić information content (AvgIpc) is 2.99. The second-order valence-electron chi connectivity index (χ2n) is 12.4. The standard InChI is InChI=1S/C32H42Cl3N5O6/c1-18(2)26(27(42)37-19(3)28(43)40-13-7-8-24(39-40)29(44)46-17-32(33,34)35)38-30(45)31(5,6)12-11-21-9-10-22-16-36-25(20(4)41)15-23(22)14-21/h9-12,14-16,18-20,24,26,39,41H,7-8,13,17H2,1-6H3,(H,37,42)(H,38,45)/b12-11+/t19-,20+,24-,26-/m0/s1. The Morgan fingerprint density at radius 3 is 2.43 bits per heavy atom. The summed E-state index contributed by atoms with van der Waals surface area (Å²) in [4.78, 5) is 56.5. The zero-order chi connectivity index (χ0) is 34.4. The molecule has 4 atom stereocenters. The minimum atomic E-state index is -1.76. The lowest BCUT2D eigenvalue weighted by Gasteiger charge is -2.35. The zero-order valence-corrected chi connectivity index (χ0v) is 29.0. The fourth-order valence-electron chi connectivity index (χ4n) is 4.72. The minimum Gasteiger partial charge on any atom is -0.460 e. The highest BCUT2D eigenvalue weighted by Crippen LogP contribution is 2.27. The van der Waals surface area contributed by atoms with Crippen molar-refractivity contribution in [1.82, 2.24) is 26.1 Å². The maximum Gasteiger partial charge on any atom is 0.325 e. The van der Waals surface area contributed by atoms with E-state index in [2.05, 4.69) is 21.0 Å². The van der Waals surface area contributed by atoms with E-state index in [1.165, 1.54) is 11.9 Å². The van der Waals surface area contributed by atoms with Crippen molar-refractivity contribution in [3.05, 3.63) is 47.8 Å². The number of nitrogens with zero attached hydrogens (tertiary/aromatic N) is 2. The number of alkyl halides is 3. The van der Waals surface area contributed by atoms with Crippen LogP contribution < -0.4 is 16.1 Å². The van der Waals surface area contributed by atoms with Crippen LogP contribution in [0.15, 0.2) is 36.5 Å². The molecule has 1 aliphatic rings. The molecule has 0 aliphatic carbocycles. The molecule has 11 nitrogen and oxygen atoms in total. The molecule has 0 spiro atoms. The lowest BCUT2D eigenvalue weighted by molar-refractivity contribution is -0.152. The van der Waals surface area contributed by atoms with Crippen LogP contribution in [0.1, 0.15) is 71.7 Å². The van der Waals surface area contributed by atoms with Crippen LogP contribution in [0.5, 0.6) is 0 Å². The lowest BCUT2D eigenvalue weighted by atomic mass is 9.89. The molecule has 3 amide bonds. The summed E-state index contributed by atoms with van der Waals surface area (Å²) in [5, 5.41) is 18.5. The van der Waals surface area contributed by atoms with Gasteiger partial charge < -0.3 is 20.5 Å². The van der Waals surface area contributed by atoms with Gasteiger partial charge in [-0.15, -0.1) is 0 Å². The first-order valence-electron chi connectivity index (χ1n) is 15.1. The molecule has 1 aromatic carbocycles. The van der Waals surface area contributed by atoms with Crippen LogP contribution in [-0.4, -0.2) is 73.9 Å². The Morgan fingerprint density at radius 1 is 1.11 bits per heavy atom. The van der Waals surface area contributed by atoms with Gasteiger partial charge in [0.25, 0.3) is 5.91 Å². The molecule has 252 valence electrons. The number of benzene rings is 1. The quantitative estimate of drug-likeness (QED) is 0.200. The molecule has 1 aromatic heterocycles. The fourth-order valence-corrected chi connectivity index (χ4v) is 4.88. The Balaban J connectivity index is 1.62. The fraction of sp³-hybridized carbons (Fsp3) is 0.531. The van der Waals surface area contributed by atoms with Crippen molar-refractivity contribution in [2.24, 2.45) is 11.3 Å². The smallest absolute Gasteiger partial charge is 0.325 e. The van der Waals surface area contributed by atoms with Gasteiger partial charge >= 0.3 is 5.97 Å². The molecule has 2 heterocycles. The summed E-state index contributed by atoms with van der Waals surface area (Å²) in [7, 11) is 0. The average molecular weight is 699 g/mol. The summed E-state index contributed by atoms with van der Waals surface area (Å²) in [5.41, 5.74) is 3.27. The number of hydrogen-bond acceptors (Lipinski definition) is 8. The van der Waals surface area contributed by atoms with E-state index in [0.29, 0.717) is 25.1 Å². The lowest BCUT2D eigenvalue weighted by Crippen LogP contribution is -2.61. The van der Waals surface area contributed by atoms with E-state index in [1.54, 1.807) is 46.9 Å². The molecular weight excluding hydrogens is 657 g/mol. The number of pyridine rings is 1. The van der Waals surface area contributed by atoms with Crippen molar-refractivity contribution >= 4 is 75.3 Å². The van der Waals surface area contributed by atoms with Crippen molar-refractivity contribution < 1.29 is 29.0 Å². The van der Waals surface area contributed by atoms with Crippen LogP contribution >= 0.6 is 34.8 Å². The molecule has 3 rings (SSSR count). The molecule has 14 heteroatoms. The summed E-state index contributed by atoms with van der Waals surface area (Å²) >= 11 is 17.0. The predicted molar refractivity (Wildman–Crippen MR) is 179 cm³/mol. The van der Waals surface area contributed by atoms with Crippen LogP contribution in [0.4, 0.5) is 0 Å². The number of aliphatic hydroxyl groups is 1. The van der Waals surface area contributed by atoms with Gasteiger partial charge in [-0.05, 0) is 69.5 Å². The zero-order valence-electron chi connectivity index (χ0n) is 26.8. The molecule has 1 aliphatic heterocycles. The highest BCUT2D eigenvalue weighted by molar-refractivity contribution is 6.67. The molecule has 0 radical (unpaired) electrons. The predicted octanol–water partition coefficient (Wildman–Crippen LogP) is 4.38. The van der Waals surface area contributed by atoms with Crippen molar-refractivity contribution in [2.75, 3.05) is 13.2 Å². The van der Waals surface area contributed by atoms with Crippen LogP contribution in [0, 0.1) is 11.3 Å². The van der Waals surface area contributed by atoms with Crippen molar-refractivity contribution in [1.29, 1.82) is 0 Å². The topological polar surface area (TPSA) is 150 Å². The van der Waals surface area contributed by atoms with Gasteiger partial charge in [-0.1, -0.05) is 72.9 Å². The highest BCUT2D eigenvalue weighted by atomic mass is 35.6. The largest absolute Gasteiger partial charge is 0.460 e. The second-order valence-corrected chi connectivity index (χ2v) is 14.9. The Morgan fingerprint density at radius 2 is 1.80 bits per heavy atom. The van der Waals surface area contributed by atoms with Gasteiger partial charge in [0, 0.05) is 18.1 Å². The second kappa shape index (κ2) is 15.8. The summed E-state index contributed by atoms with van der Waals surface area (Å²) in [6.07, 6.45) is 5.54. The number of ether oxygens (including phenoxy) is 1. The van der Waals surface area contributed by atoms with Gasteiger partial charge in [0.1, 0.15) is 24.7 Å². The van der Waals surface area contributed by atoms with Crippen molar-refractivity contribution in [3.63, 3.8) is 0 Å². The van der Waals surface area contributed by atoms with Gasteiger partial charge in [-0.2, -0.15) is 0 Å². The van der Waals surface area contributed by atoms with E-state index in [0.717, 1.165) is 16.3 Å². The molecule has 46 heavy (non-hydrogen) atoms. The molecule has 0 saturated carbocycles. The number of rotatable bonds is 11. The summed E-state index contributed by atoms with van der Waals surface area (Å²) in [5.74, 6) is -2.30. The Kier molecular flexibility index (Phi) is 12.8. The van der Waals surface area contributed by atoms with Crippen molar-refractivity contribution in [3.8, 4) is 0 Å². The SMILES string of the molecule is CC(C)[C@H](NC(=O)C(C)(C)/C=C/c1ccc2cnc([C@@H](C)O)cc2c1)C(=O)N[C@@H](C)C(=O)N1CCC[C@@H](C(=O)OCC(Cl)(Cl)Cl)N1. The van der Waals surface area contributed by atoms with Gasteiger partial charge in [-0.25, -0.2) is 5.43 Å². The number of amides is 3. The molecular formula is C32H42Cl3N5O6. The van der Waals surface area contributed by atoms with Crippen LogP contribution in [0.25, 0.3) is 16.8 Å². The first kappa shape index (κ1) is 37.5. The van der Waals surface area contributed by atoms with Crippen LogP contribution in [0.3, 0.4) is 0 Å². The number of carbonyl (C=O) groups excluding carboxylic acids is 4. The number of nitrogens with one attached hydrogen (secondary N) is 3. The van der Waals surface area contributed by atoms with Gasteiger partial charge in [0.05, 0.1) is 17.2 Å². The normalized spacial score (nSPS) is 17.9. The number of aromatic nitrogens is 1. The highest BCUT2D eigenvalue weighted by Gasteiger charge is 2.35. The molecule has 0 unspecified atom stereocenters. The van der Waals surface area contributed by atoms with Gasteiger partial charge in [0.15, 0.2) is 0 Å². The van der Waals surface area contributed by atoms with Gasteiger partial charge in [-0.3, -0.25) is 29.2 Å². The number of hydrazine groups is 1. The van der Waals surface area contributed by atoms with E-state index in [-0.39, 0.29) is 11.8 Å². The van der Waals surface area contributed by atoms with E-state index < -0.39 is 57.8 Å². The maximum absolute atomic E-state index is 13.4. The number of hydrogen-bond donors (Lipinski definition) is 4. The monoisotopic (exact) mass is 697 g/mol. The molecule has 0 bridgehead atoms. The third-order valence-corrected chi connectivity index (χ3v) is 7.88. The van der Waals surface area contributed by atoms with E-state index in [4.69, 9.17) is 39.5 Å². The van der Waals surface area contributed by atoms with Crippen molar-refractivity contribution in [2.45, 2.75) is 82.4 Å². The number of aliphatic hydroxyl groups excluding tert-OH is 1. The molecule has 4 N–H and O–H groups in total. The number of halogens is 3.